The minimum Gasteiger partial charge on any atom is -0.493 e. The van der Waals surface area contributed by atoms with Crippen LogP contribution < -0.4 is 10.1 Å². The van der Waals surface area contributed by atoms with Crippen molar-refractivity contribution in [3.63, 3.8) is 0 Å². The molecule has 26 heavy (non-hydrogen) atoms. The third-order valence-electron chi connectivity index (χ3n) is 5.30. The molecule has 0 spiro atoms. The van der Waals surface area contributed by atoms with Crippen LogP contribution in [0, 0.1) is 5.92 Å². The van der Waals surface area contributed by atoms with Crippen LogP contribution in [0.3, 0.4) is 0 Å². The summed E-state index contributed by atoms with van der Waals surface area (Å²) in [5.41, 5.74) is 1.14. The fourth-order valence-electron chi connectivity index (χ4n) is 4.08. The lowest BCUT2D eigenvalue weighted by Crippen LogP contribution is -2.47. The van der Waals surface area contributed by atoms with E-state index in [2.05, 4.69) is 5.32 Å². The second kappa shape index (κ2) is 6.18. The maximum Gasteiger partial charge on any atom is 0.410 e. The molecule has 6 nitrogen and oxygen atoms in total. The zero-order valence-corrected chi connectivity index (χ0v) is 15.6. The van der Waals surface area contributed by atoms with Gasteiger partial charge in [0.1, 0.15) is 11.4 Å². The molecule has 3 atom stereocenters. The topological polar surface area (TPSA) is 67.9 Å². The first-order valence-corrected chi connectivity index (χ1v) is 9.37. The first-order chi connectivity index (χ1) is 12.3. The zero-order chi connectivity index (χ0) is 18.5. The van der Waals surface area contributed by atoms with Gasteiger partial charge in [0.2, 0.25) is 0 Å². The van der Waals surface area contributed by atoms with E-state index in [9.17, 15) is 9.59 Å². The van der Waals surface area contributed by atoms with Crippen LogP contribution in [0.25, 0.3) is 0 Å². The van der Waals surface area contributed by atoms with Gasteiger partial charge in [0.25, 0.3) is 5.91 Å². The molecule has 3 aliphatic rings. The number of amides is 2. The summed E-state index contributed by atoms with van der Waals surface area (Å²) in [5.74, 6) is 1.26. The molecule has 4 rings (SSSR count). The Morgan fingerprint density at radius 1 is 1.31 bits per heavy atom. The molecule has 140 valence electrons. The summed E-state index contributed by atoms with van der Waals surface area (Å²) in [6.07, 6.45) is 2.47. The lowest BCUT2D eigenvalue weighted by molar-refractivity contribution is 0.0183. The van der Waals surface area contributed by atoms with Crippen LogP contribution in [0.1, 0.15) is 49.5 Å². The van der Waals surface area contributed by atoms with Crippen LogP contribution in [0.4, 0.5) is 4.79 Å². The lowest BCUT2D eigenvalue weighted by Gasteiger charge is -2.30. The monoisotopic (exact) mass is 358 g/mol. The number of carbonyl (C=O) groups excluding carboxylic acids is 2. The molecule has 0 radical (unpaired) electrons. The molecule has 0 bridgehead atoms. The third kappa shape index (κ3) is 3.24. The number of piperidine rings is 1. The van der Waals surface area contributed by atoms with E-state index in [1.807, 2.05) is 43.9 Å². The predicted molar refractivity (Wildman–Crippen MR) is 96.3 cm³/mol. The number of hydrogen-bond donors (Lipinski definition) is 1. The van der Waals surface area contributed by atoms with Gasteiger partial charge in [-0.1, -0.05) is 6.07 Å². The van der Waals surface area contributed by atoms with Crippen LogP contribution >= 0.6 is 0 Å². The highest BCUT2D eigenvalue weighted by molar-refractivity contribution is 5.96. The Bertz CT molecular complexity index is 740. The average molecular weight is 358 g/mol. The predicted octanol–water partition coefficient (Wildman–Crippen LogP) is 2.75. The van der Waals surface area contributed by atoms with Crippen LogP contribution in [-0.4, -0.2) is 47.7 Å². The van der Waals surface area contributed by atoms with Gasteiger partial charge in [0.05, 0.1) is 12.6 Å². The zero-order valence-electron chi connectivity index (χ0n) is 15.6. The molecule has 1 saturated carbocycles. The van der Waals surface area contributed by atoms with Gasteiger partial charge >= 0.3 is 6.09 Å². The van der Waals surface area contributed by atoms with Crippen LogP contribution in [-0.2, 0) is 11.2 Å². The molecule has 0 unspecified atom stereocenters. The maximum absolute atomic E-state index is 12.7. The van der Waals surface area contributed by atoms with E-state index in [1.165, 1.54) is 0 Å². The van der Waals surface area contributed by atoms with Crippen molar-refractivity contribution in [3.05, 3.63) is 29.3 Å². The van der Waals surface area contributed by atoms with Crippen molar-refractivity contribution in [2.24, 2.45) is 5.92 Å². The molecule has 1 aromatic carbocycles. The quantitative estimate of drug-likeness (QED) is 0.902. The summed E-state index contributed by atoms with van der Waals surface area (Å²) in [7, 11) is 0. The number of fused-ring (bicyclic) bond motifs is 2. The molecule has 1 N–H and O–H groups in total. The van der Waals surface area contributed by atoms with E-state index in [1.54, 1.807) is 0 Å². The number of benzene rings is 1. The number of hydrogen-bond acceptors (Lipinski definition) is 4. The van der Waals surface area contributed by atoms with E-state index in [0.717, 1.165) is 30.6 Å². The highest BCUT2D eigenvalue weighted by Gasteiger charge is 2.54. The van der Waals surface area contributed by atoms with Crippen molar-refractivity contribution in [2.75, 3.05) is 13.2 Å². The molecule has 1 aliphatic carbocycles. The minimum absolute atomic E-state index is 0.00515. The van der Waals surface area contributed by atoms with Gasteiger partial charge in [-0.15, -0.1) is 0 Å². The van der Waals surface area contributed by atoms with Crippen molar-refractivity contribution >= 4 is 12.0 Å². The van der Waals surface area contributed by atoms with Crippen molar-refractivity contribution in [1.82, 2.24) is 10.2 Å². The van der Waals surface area contributed by atoms with Gasteiger partial charge < -0.3 is 19.7 Å². The van der Waals surface area contributed by atoms with Gasteiger partial charge in [-0.2, -0.15) is 0 Å². The fraction of sp³-hybridized carbons (Fsp3) is 0.600. The Labute approximate surface area is 153 Å². The van der Waals surface area contributed by atoms with Crippen molar-refractivity contribution in [1.29, 1.82) is 0 Å². The maximum atomic E-state index is 12.7. The molecule has 6 heteroatoms. The first kappa shape index (κ1) is 17.2. The molecule has 2 fully saturated rings. The van der Waals surface area contributed by atoms with E-state index in [-0.39, 0.29) is 24.1 Å². The molecule has 2 aliphatic heterocycles. The van der Waals surface area contributed by atoms with Crippen molar-refractivity contribution < 1.29 is 19.1 Å². The summed E-state index contributed by atoms with van der Waals surface area (Å²) < 4.78 is 11.1. The summed E-state index contributed by atoms with van der Waals surface area (Å²) in [4.78, 5) is 27.1. The Kier molecular flexibility index (Phi) is 4.09. The summed E-state index contributed by atoms with van der Waals surface area (Å²) in [6, 6.07) is 5.86. The summed E-state index contributed by atoms with van der Waals surface area (Å²) in [6.45, 7) is 6.70. The second-order valence-electron chi connectivity index (χ2n) is 8.43. The molecule has 1 aromatic rings. The smallest absolute Gasteiger partial charge is 0.410 e. The van der Waals surface area contributed by atoms with Crippen molar-refractivity contribution in [2.45, 2.75) is 57.7 Å². The fourth-order valence-corrected chi connectivity index (χ4v) is 4.08. The minimum atomic E-state index is -0.511. The van der Waals surface area contributed by atoms with E-state index in [4.69, 9.17) is 9.47 Å². The van der Waals surface area contributed by atoms with Crippen LogP contribution in [0.15, 0.2) is 18.2 Å². The highest BCUT2D eigenvalue weighted by Crippen LogP contribution is 2.48. The van der Waals surface area contributed by atoms with E-state index in [0.29, 0.717) is 24.6 Å². The Morgan fingerprint density at radius 2 is 2.12 bits per heavy atom. The van der Waals surface area contributed by atoms with Gasteiger partial charge in [0, 0.05) is 30.1 Å². The highest BCUT2D eigenvalue weighted by atomic mass is 16.6. The van der Waals surface area contributed by atoms with Gasteiger partial charge in [-0.05, 0) is 51.7 Å². The molecule has 1 saturated heterocycles. The standard InChI is InChI=1S/C20H26N2O4/c1-20(2,3)26-19(24)22-13(9-12-10-16(12)22)11-21-18(23)15-5-4-6-17-14(15)7-8-25-17/h4-6,12-13,16H,7-11H2,1-3H3,(H,21,23)/t12-,13+,16+/m1/s1. The van der Waals surface area contributed by atoms with Crippen LogP contribution in [0.2, 0.25) is 0 Å². The number of carbonyl (C=O) groups is 2. The third-order valence-corrected chi connectivity index (χ3v) is 5.30. The molecule has 2 amide bonds. The lowest BCUT2D eigenvalue weighted by atomic mass is 10.0. The Hall–Kier alpha value is -2.24. The second-order valence-corrected chi connectivity index (χ2v) is 8.43. The van der Waals surface area contributed by atoms with Gasteiger partial charge in [0.15, 0.2) is 0 Å². The van der Waals surface area contributed by atoms with E-state index >= 15 is 0 Å². The number of ether oxygens (including phenoxy) is 2. The van der Waals surface area contributed by atoms with Crippen LogP contribution in [0.5, 0.6) is 5.75 Å². The Balaban J connectivity index is 1.40. The molecule has 0 aromatic heterocycles. The normalized spacial score (nSPS) is 26.0. The van der Waals surface area contributed by atoms with Gasteiger partial charge in [-0.25, -0.2) is 4.79 Å². The van der Waals surface area contributed by atoms with Crippen molar-refractivity contribution in [3.8, 4) is 5.75 Å². The molecular weight excluding hydrogens is 332 g/mol. The van der Waals surface area contributed by atoms with E-state index < -0.39 is 5.60 Å². The molecule has 2 heterocycles. The molecular formula is C20H26N2O4. The average Bonchev–Trinajstić information content (AvgIpc) is 3.01. The SMILES string of the molecule is CC(C)(C)OC(=O)N1[C@H](CNC(=O)c2cccc3c2CCO3)C[C@@H]2C[C@@H]21. The first-order valence-electron chi connectivity index (χ1n) is 9.37. The number of likely N-dealkylation sites (tertiary alicyclic amines) is 1. The number of nitrogens with one attached hydrogen (secondary N) is 1. The Morgan fingerprint density at radius 3 is 2.88 bits per heavy atom. The largest absolute Gasteiger partial charge is 0.493 e. The summed E-state index contributed by atoms with van der Waals surface area (Å²) in [5, 5.41) is 3.02. The van der Waals surface area contributed by atoms with Gasteiger partial charge in [-0.3, -0.25) is 4.79 Å². The number of nitrogens with zero attached hydrogens (tertiary/aromatic N) is 1. The number of rotatable bonds is 3. The summed E-state index contributed by atoms with van der Waals surface area (Å²) >= 11 is 0.